The van der Waals surface area contributed by atoms with Gasteiger partial charge in [-0.1, -0.05) is 54.6 Å². The highest BCUT2D eigenvalue weighted by Gasteiger charge is 2.28. The van der Waals surface area contributed by atoms with Gasteiger partial charge in [0.15, 0.2) is 18.5 Å². The Morgan fingerprint density at radius 2 is 1.81 bits per heavy atom. The minimum atomic E-state index is -0.305. The Labute approximate surface area is 124 Å². The van der Waals surface area contributed by atoms with Gasteiger partial charge in [0.05, 0.1) is 0 Å². The first-order chi connectivity index (χ1) is 10.2. The molecule has 0 spiro atoms. The van der Waals surface area contributed by atoms with Crippen LogP contribution in [-0.4, -0.2) is 16.7 Å². The number of hydrogen-bond donors (Lipinski definition) is 0. The predicted octanol–water partition coefficient (Wildman–Crippen LogP) is 3.21. The SMILES string of the molecule is O=C1c2ccccc2CCC1/C=[N+](\[O-])Cc1ccccc1. The summed E-state index contributed by atoms with van der Waals surface area (Å²) in [5.41, 5.74) is 2.80. The number of rotatable bonds is 3. The number of benzene rings is 2. The van der Waals surface area contributed by atoms with Crippen LogP contribution in [-0.2, 0) is 13.0 Å². The van der Waals surface area contributed by atoms with Crippen molar-refractivity contribution in [3.63, 3.8) is 0 Å². The number of carbonyl (C=O) groups excluding carboxylic acids is 1. The van der Waals surface area contributed by atoms with Gasteiger partial charge >= 0.3 is 0 Å². The molecule has 3 nitrogen and oxygen atoms in total. The van der Waals surface area contributed by atoms with Gasteiger partial charge in [-0.05, 0) is 18.4 Å². The van der Waals surface area contributed by atoms with Crippen LogP contribution in [0.15, 0.2) is 54.6 Å². The molecular formula is C18H17NO2. The van der Waals surface area contributed by atoms with Gasteiger partial charge in [-0.25, -0.2) is 4.74 Å². The number of Topliss-reactive ketones (excluding diaryl/α,β-unsaturated/α-hetero) is 1. The molecule has 1 unspecified atom stereocenters. The minimum Gasteiger partial charge on any atom is -0.624 e. The third-order valence-electron chi connectivity index (χ3n) is 3.87. The number of nitrogens with zero attached hydrogens (tertiary/aromatic N) is 1. The summed E-state index contributed by atoms with van der Waals surface area (Å²) in [4.78, 5) is 12.4. The molecule has 3 heteroatoms. The highest BCUT2D eigenvalue weighted by Crippen LogP contribution is 2.24. The molecular weight excluding hydrogens is 262 g/mol. The molecule has 0 fully saturated rings. The van der Waals surface area contributed by atoms with E-state index in [0.717, 1.165) is 27.9 Å². The Bertz CT molecular complexity index is 677. The van der Waals surface area contributed by atoms with Crippen LogP contribution in [0.2, 0.25) is 0 Å². The van der Waals surface area contributed by atoms with E-state index < -0.39 is 0 Å². The first-order valence-electron chi connectivity index (χ1n) is 7.19. The Morgan fingerprint density at radius 3 is 2.62 bits per heavy atom. The zero-order valence-electron chi connectivity index (χ0n) is 11.7. The average Bonchev–Trinajstić information content (AvgIpc) is 2.51. The quantitative estimate of drug-likeness (QED) is 0.375. The average molecular weight is 279 g/mol. The molecule has 0 saturated heterocycles. The molecule has 1 atom stereocenters. The van der Waals surface area contributed by atoms with Gasteiger partial charge < -0.3 is 5.21 Å². The molecule has 2 aromatic rings. The third kappa shape index (κ3) is 3.02. The van der Waals surface area contributed by atoms with Crippen molar-refractivity contribution in [3.05, 3.63) is 76.5 Å². The summed E-state index contributed by atoms with van der Waals surface area (Å²) < 4.78 is 0.881. The Hall–Kier alpha value is -2.42. The maximum absolute atomic E-state index is 12.4. The van der Waals surface area contributed by atoms with Crippen LogP contribution < -0.4 is 0 Å². The van der Waals surface area contributed by atoms with Crippen molar-refractivity contribution in [1.29, 1.82) is 0 Å². The molecule has 0 saturated carbocycles. The molecule has 3 rings (SSSR count). The molecule has 106 valence electrons. The van der Waals surface area contributed by atoms with Crippen LogP contribution in [0.25, 0.3) is 0 Å². The van der Waals surface area contributed by atoms with Gasteiger partial charge in [-0.2, -0.15) is 0 Å². The second-order valence-electron chi connectivity index (χ2n) is 5.38. The van der Waals surface area contributed by atoms with E-state index in [1.807, 2.05) is 54.6 Å². The summed E-state index contributed by atoms with van der Waals surface area (Å²) in [6.07, 6.45) is 3.09. The van der Waals surface area contributed by atoms with E-state index in [2.05, 4.69) is 0 Å². The highest BCUT2D eigenvalue weighted by molar-refractivity contribution is 6.07. The second-order valence-corrected chi connectivity index (χ2v) is 5.38. The maximum Gasteiger partial charge on any atom is 0.178 e. The van der Waals surface area contributed by atoms with E-state index >= 15 is 0 Å². The molecule has 0 aromatic heterocycles. The summed E-state index contributed by atoms with van der Waals surface area (Å²) in [6, 6.07) is 17.2. The van der Waals surface area contributed by atoms with Crippen molar-refractivity contribution in [2.45, 2.75) is 19.4 Å². The number of hydroxylamine groups is 1. The number of ketones is 1. The van der Waals surface area contributed by atoms with Crippen LogP contribution >= 0.6 is 0 Å². The van der Waals surface area contributed by atoms with Crippen molar-refractivity contribution in [1.82, 2.24) is 0 Å². The maximum atomic E-state index is 12.4. The molecule has 0 heterocycles. The first-order valence-corrected chi connectivity index (χ1v) is 7.19. The zero-order valence-corrected chi connectivity index (χ0v) is 11.7. The fraction of sp³-hybridized carbons (Fsp3) is 0.222. The molecule has 0 amide bonds. The van der Waals surface area contributed by atoms with Gasteiger partial charge in [0.25, 0.3) is 0 Å². The summed E-state index contributed by atoms with van der Waals surface area (Å²) in [7, 11) is 0. The Kier molecular flexibility index (Phi) is 3.82. The molecule has 1 aliphatic carbocycles. The van der Waals surface area contributed by atoms with E-state index in [9.17, 15) is 10.0 Å². The number of aryl methyl sites for hydroxylation is 1. The van der Waals surface area contributed by atoms with Crippen molar-refractivity contribution in [2.75, 3.05) is 0 Å². The van der Waals surface area contributed by atoms with Crippen LogP contribution in [0, 0.1) is 11.1 Å². The largest absolute Gasteiger partial charge is 0.624 e. The van der Waals surface area contributed by atoms with E-state index in [4.69, 9.17) is 0 Å². The summed E-state index contributed by atoms with van der Waals surface area (Å²) in [5, 5.41) is 12.0. The Morgan fingerprint density at radius 1 is 1.10 bits per heavy atom. The van der Waals surface area contributed by atoms with E-state index in [1.54, 1.807) is 0 Å². The normalized spacial score (nSPS) is 18.4. The lowest BCUT2D eigenvalue weighted by Gasteiger charge is -2.19. The molecule has 1 aliphatic rings. The summed E-state index contributed by atoms with van der Waals surface area (Å²) in [5.74, 6) is -0.244. The summed E-state index contributed by atoms with van der Waals surface area (Å²) in [6.45, 7) is 0.284. The van der Waals surface area contributed by atoms with Gasteiger partial charge in [0.2, 0.25) is 0 Å². The van der Waals surface area contributed by atoms with Crippen LogP contribution in [0.1, 0.15) is 27.9 Å². The molecule has 0 radical (unpaired) electrons. The molecule has 0 N–H and O–H groups in total. The second kappa shape index (κ2) is 5.92. The van der Waals surface area contributed by atoms with Crippen molar-refractivity contribution >= 4 is 12.0 Å². The van der Waals surface area contributed by atoms with Crippen LogP contribution in [0.4, 0.5) is 0 Å². The van der Waals surface area contributed by atoms with Gasteiger partial charge in [-0.15, -0.1) is 0 Å². The van der Waals surface area contributed by atoms with Crippen molar-refractivity contribution < 1.29 is 9.53 Å². The number of fused-ring (bicyclic) bond motifs is 1. The standard InChI is InChI=1S/C18H17NO2/c20-18-16(11-10-15-8-4-5-9-17(15)18)13-19(21)12-14-6-2-1-3-7-14/h1-9,13,16H,10-12H2/b19-13-. The topological polar surface area (TPSA) is 43.1 Å². The summed E-state index contributed by atoms with van der Waals surface area (Å²) >= 11 is 0. The van der Waals surface area contributed by atoms with Crippen LogP contribution in [0.3, 0.4) is 0 Å². The molecule has 21 heavy (non-hydrogen) atoms. The van der Waals surface area contributed by atoms with E-state index in [1.165, 1.54) is 6.21 Å². The minimum absolute atomic E-state index is 0.0609. The van der Waals surface area contributed by atoms with E-state index in [0.29, 0.717) is 6.42 Å². The lowest BCUT2D eigenvalue weighted by Crippen LogP contribution is -2.26. The molecule has 0 bridgehead atoms. The fourth-order valence-corrected chi connectivity index (χ4v) is 2.78. The van der Waals surface area contributed by atoms with E-state index in [-0.39, 0.29) is 18.2 Å². The van der Waals surface area contributed by atoms with Gasteiger partial charge in [0, 0.05) is 11.1 Å². The lowest BCUT2D eigenvalue weighted by atomic mass is 9.83. The third-order valence-corrected chi connectivity index (χ3v) is 3.87. The van der Waals surface area contributed by atoms with Gasteiger partial charge in [-0.3, -0.25) is 4.79 Å². The monoisotopic (exact) mass is 279 g/mol. The number of carbonyl (C=O) groups is 1. The number of hydrogen-bond acceptors (Lipinski definition) is 2. The first kappa shape index (κ1) is 13.6. The Balaban J connectivity index is 1.76. The van der Waals surface area contributed by atoms with Crippen molar-refractivity contribution in [3.8, 4) is 0 Å². The van der Waals surface area contributed by atoms with Crippen LogP contribution in [0.5, 0.6) is 0 Å². The highest BCUT2D eigenvalue weighted by atomic mass is 16.5. The smallest absolute Gasteiger partial charge is 0.178 e. The predicted molar refractivity (Wildman–Crippen MR) is 82.4 cm³/mol. The molecule has 2 aromatic carbocycles. The fourth-order valence-electron chi connectivity index (χ4n) is 2.78. The van der Waals surface area contributed by atoms with Crippen molar-refractivity contribution in [2.24, 2.45) is 5.92 Å². The lowest BCUT2D eigenvalue weighted by molar-refractivity contribution is -0.472. The zero-order chi connectivity index (χ0) is 14.7. The molecule has 0 aliphatic heterocycles. The van der Waals surface area contributed by atoms with Gasteiger partial charge in [0.1, 0.15) is 5.92 Å².